The fraction of sp³-hybridized carbons (Fsp3) is 0.312. The Morgan fingerprint density at radius 1 is 1.33 bits per heavy atom. The number of hydrogen-bond acceptors (Lipinski definition) is 6. The minimum absolute atomic E-state index is 0.0494. The lowest BCUT2D eigenvalue weighted by atomic mass is 10.2. The fourth-order valence-corrected chi connectivity index (χ4v) is 3.66. The number of aromatic nitrogens is 3. The molecule has 2 aromatic heterocycles. The van der Waals surface area contributed by atoms with Gasteiger partial charge in [-0.3, -0.25) is 19.6 Å². The van der Waals surface area contributed by atoms with Crippen molar-refractivity contribution < 1.29 is 4.79 Å². The van der Waals surface area contributed by atoms with E-state index in [4.69, 9.17) is 0 Å². The van der Waals surface area contributed by atoms with Crippen LogP contribution in [0.5, 0.6) is 0 Å². The van der Waals surface area contributed by atoms with E-state index in [1.165, 1.54) is 30.9 Å². The Morgan fingerprint density at radius 3 is 2.79 bits per heavy atom. The van der Waals surface area contributed by atoms with E-state index in [0.29, 0.717) is 0 Å². The van der Waals surface area contributed by atoms with Crippen molar-refractivity contribution in [2.45, 2.75) is 18.3 Å². The molecule has 0 spiro atoms. The molecule has 8 heteroatoms. The number of amides is 1. The van der Waals surface area contributed by atoms with E-state index < -0.39 is 0 Å². The largest absolute Gasteiger partial charge is 0.326 e. The van der Waals surface area contributed by atoms with Gasteiger partial charge >= 0.3 is 0 Å². The fourth-order valence-electron chi connectivity index (χ4n) is 2.44. The van der Waals surface area contributed by atoms with Crippen molar-refractivity contribution in [1.82, 2.24) is 19.7 Å². The summed E-state index contributed by atoms with van der Waals surface area (Å²) in [5.74, 6) is -0.238. The molecule has 24 heavy (non-hydrogen) atoms. The van der Waals surface area contributed by atoms with Gasteiger partial charge in [0.05, 0.1) is 6.04 Å². The predicted molar refractivity (Wildman–Crippen MR) is 93.2 cm³/mol. The highest BCUT2D eigenvalue weighted by Gasteiger charge is 2.34. The molecule has 0 aliphatic carbocycles. The molecule has 1 aliphatic heterocycles. The second-order valence-electron chi connectivity index (χ2n) is 5.52. The maximum atomic E-state index is 12.7. The molecule has 0 fully saturated rings. The van der Waals surface area contributed by atoms with Crippen LogP contribution in [0.4, 0.5) is 0 Å². The van der Waals surface area contributed by atoms with E-state index in [9.17, 15) is 9.59 Å². The molecule has 124 valence electrons. The third-order valence-electron chi connectivity index (χ3n) is 3.76. The van der Waals surface area contributed by atoms with E-state index in [2.05, 4.69) is 15.1 Å². The van der Waals surface area contributed by atoms with Crippen molar-refractivity contribution in [3.63, 3.8) is 0 Å². The molecule has 0 N–H and O–H groups in total. The number of carbonyl (C=O) groups is 1. The zero-order chi connectivity index (χ0) is 17.3. The summed E-state index contributed by atoms with van der Waals surface area (Å²) < 4.78 is 1.16. The van der Waals surface area contributed by atoms with E-state index in [0.717, 1.165) is 15.3 Å². The van der Waals surface area contributed by atoms with Gasteiger partial charge in [-0.15, -0.1) is 0 Å². The Hall–Kier alpha value is -2.48. The lowest BCUT2D eigenvalue weighted by Crippen LogP contribution is -2.40. The standard InChI is InChI=1S/C16H17N5O2S/c1-10-16(24-14(18-10)11-5-4-8-17-9-11)20(2)15(23)12-6-7-13(22)21(3)19-12/h4-10,16H,1-3H3. The van der Waals surface area contributed by atoms with Gasteiger partial charge in [-0.05, 0) is 25.1 Å². The summed E-state index contributed by atoms with van der Waals surface area (Å²) in [6, 6.07) is 6.56. The number of carbonyl (C=O) groups excluding carboxylic acids is 1. The topological polar surface area (TPSA) is 80.5 Å². The Balaban J connectivity index is 1.78. The van der Waals surface area contributed by atoms with Crippen LogP contribution in [0.15, 0.2) is 46.4 Å². The molecule has 1 aliphatic rings. The van der Waals surface area contributed by atoms with Crippen molar-refractivity contribution >= 4 is 22.7 Å². The van der Waals surface area contributed by atoms with E-state index in [-0.39, 0.29) is 28.6 Å². The Morgan fingerprint density at radius 2 is 2.12 bits per heavy atom. The van der Waals surface area contributed by atoms with Crippen LogP contribution in [-0.2, 0) is 7.05 Å². The molecule has 0 saturated heterocycles. The van der Waals surface area contributed by atoms with Crippen LogP contribution in [0.25, 0.3) is 0 Å². The summed E-state index contributed by atoms with van der Waals surface area (Å²) in [6.07, 6.45) is 3.48. The molecule has 2 aromatic rings. The number of nitrogens with zero attached hydrogens (tertiary/aromatic N) is 5. The van der Waals surface area contributed by atoms with Crippen LogP contribution in [-0.4, -0.2) is 49.1 Å². The molecular formula is C16H17N5O2S. The number of aryl methyl sites for hydroxylation is 1. The van der Waals surface area contributed by atoms with Gasteiger partial charge in [-0.25, -0.2) is 4.68 Å². The molecule has 3 heterocycles. The predicted octanol–water partition coefficient (Wildman–Crippen LogP) is 1.16. The first-order chi connectivity index (χ1) is 11.5. The minimum Gasteiger partial charge on any atom is -0.326 e. The molecule has 2 atom stereocenters. The van der Waals surface area contributed by atoms with Crippen LogP contribution in [0, 0.1) is 0 Å². The second-order valence-corrected chi connectivity index (χ2v) is 6.63. The van der Waals surface area contributed by atoms with Crippen molar-refractivity contribution in [3.8, 4) is 0 Å². The number of pyridine rings is 1. The van der Waals surface area contributed by atoms with E-state index in [1.807, 2.05) is 19.1 Å². The molecular weight excluding hydrogens is 326 g/mol. The molecule has 1 amide bonds. The monoisotopic (exact) mass is 343 g/mol. The summed E-state index contributed by atoms with van der Waals surface area (Å²) >= 11 is 1.53. The van der Waals surface area contributed by atoms with Gasteiger partial charge in [-0.2, -0.15) is 5.10 Å². The van der Waals surface area contributed by atoms with Gasteiger partial charge in [0, 0.05) is 38.1 Å². The normalized spacial score (nSPS) is 19.9. The lowest BCUT2D eigenvalue weighted by molar-refractivity contribution is 0.0764. The Labute approximate surface area is 143 Å². The highest BCUT2D eigenvalue weighted by atomic mass is 32.2. The van der Waals surface area contributed by atoms with Crippen molar-refractivity contribution in [2.75, 3.05) is 7.05 Å². The van der Waals surface area contributed by atoms with Crippen LogP contribution in [0.3, 0.4) is 0 Å². The van der Waals surface area contributed by atoms with Crippen molar-refractivity contribution in [1.29, 1.82) is 0 Å². The van der Waals surface area contributed by atoms with Gasteiger partial charge in [-0.1, -0.05) is 11.8 Å². The maximum absolute atomic E-state index is 12.7. The van der Waals surface area contributed by atoms with Gasteiger partial charge in [0.2, 0.25) is 0 Å². The molecule has 3 rings (SSSR count). The Kier molecular flexibility index (Phi) is 4.48. The highest BCUT2D eigenvalue weighted by Crippen LogP contribution is 2.32. The maximum Gasteiger partial charge on any atom is 0.275 e. The second kappa shape index (κ2) is 6.56. The number of aliphatic imine (C=N–C) groups is 1. The number of hydrogen-bond donors (Lipinski definition) is 0. The molecule has 2 unspecified atom stereocenters. The summed E-state index contributed by atoms with van der Waals surface area (Å²) in [5.41, 5.74) is 0.931. The van der Waals surface area contributed by atoms with E-state index in [1.54, 1.807) is 24.3 Å². The third kappa shape index (κ3) is 3.09. The van der Waals surface area contributed by atoms with Crippen LogP contribution >= 0.6 is 11.8 Å². The van der Waals surface area contributed by atoms with Crippen molar-refractivity contribution in [2.24, 2.45) is 12.0 Å². The van der Waals surface area contributed by atoms with Gasteiger partial charge in [0.25, 0.3) is 11.5 Å². The molecule has 0 saturated carbocycles. The average Bonchev–Trinajstić information content (AvgIpc) is 2.98. The van der Waals surface area contributed by atoms with Gasteiger partial charge in [0.15, 0.2) is 0 Å². The van der Waals surface area contributed by atoms with Crippen molar-refractivity contribution in [3.05, 3.63) is 58.3 Å². The number of rotatable bonds is 3. The summed E-state index contributed by atoms with van der Waals surface area (Å²) in [7, 11) is 3.25. The first-order valence-electron chi connectivity index (χ1n) is 7.44. The zero-order valence-corrected chi connectivity index (χ0v) is 14.4. The van der Waals surface area contributed by atoms with Crippen LogP contribution < -0.4 is 5.56 Å². The van der Waals surface area contributed by atoms with Crippen LogP contribution in [0.1, 0.15) is 23.0 Å². The van der Waals surface area contributed by atoms with Crippen LogP contribution in [0.2, 0.25) is 0 Å². The smallest absolute Gasteiger partial charge is 0.275 e. The SMILES string of the molecule is CC1N=C(c2cccnc2)SC1N(C)C(=O)c1ccc(=O)n(C)n1. The molecule has 0 bridgehead atoms. The quantitative estimate of drug-likeness (QED) is 0.835. The summed E-state index contributed by atoms with van der Waals surface area (Å²) in [4.78, 5) is 34.4. The average molecular weight is 343 g/mol. The first-order valence-corrected chi connectivity index (χ1v) is 8.31. The first kappa shape index (κ1) is 16.4. The molecule has 0 radical (unpaired) electrons. The Bertz CT molecular complexity index is 849. The molecule has 0 aromatic carbocycles. The van der Waals surface area contributed by atoms with Gasteiger partial charge in [0.1, 0.15) is 16.1 Å². The molecule has 7 nitrogen and oxygen atoms in total. The zero-order valence-electron chi connectivity index (χ0n) is 13.6. The number of likely N-dealkylation sites (N-methyl/N-ethyl adjacent to an activating group) is 1. The minimum atomic E-state index is -0.250. The van der Waals surface area contributed by atoms with Gasteiger partial charge < -0.3 is 4.90 Å². The van der Waals surface area contributed by atoms with E-state index >= 15 is 0 Å². The summed E-state index contributed by atoms with van der Waals surface area (Å²) in [6.45, 7) is 1.97. The summed E-state index contributed by atoms with van der Waals surface area (Å²) in [5, 5.41) is 4.76. The highest BCUT2D eigenvalue weighted by molar-refractivity contribution is 8.15. The third-order valence-corrected chi connectivity index (χ3v) is 5.27. The number of thioether (sulfide) groups is 1. The lowest BCUT2D eigenvalue weighted by Gasteiger charge is -2.25.